The van der Waals surface area contributed by atoms with E-state index in [2.05, 4.69) is 41.5 Å². The fourth-order valence-corrected chi connectivity index (χ4v) is 4.19. The van der Waals surface area contributed by atoms with Crippen molar-refractivity contribution in [2.24, 2.45) is 0 Å². The van der Waals surface area contributed by atoms with Gasteiger partial charge in [-0.3, -0.25) is 4.79 Å². The van der Waals surface area contributed by atoms with Crippen LogP contribution in [0.4, 0.5) is 5.82 Å². The van der Waals surface area contributed by atoms with Gasteiger partial charge in [0, 0.05) is 39.3 Å². The molecule has 33 heavy (non-hydrogen) atoms. The van der Waals surface area contributed by atoms with E-state index in [1.807, 2.05) is 60.3 Å². The quantitative estimate of drug-likeness (QED) is 0.564. The first-order valence-electron chi connectivity index (χ1n) is 11.5. The second-order valence-corrected chi connectivity index (χ2v) is 8.52. The highest BCUT2D eigenvalue weighted by atomic mass is 16.5. The largest absolute Gasteiger partial charge is 0.486 e. The summed E-state index contributed by atoms with van der Waals surface area (Å²) in [7, 11) is 3.94. The second-order valence-electron chi connectivity index (χ2n) is 8.52. The van der Waals surface area contributed by atoms with Crippen LogP contribution >= 0.6 is 0 Å². The topological polar surface area (TPSA) is 57.7 Å². The third-order valence-electron chi connectivity index (χ3n) is 6.15. The fraction of sp³-hybridized carbons (Fsp3) is 0.333. The van der Waals surface area contributed by atoms with Gasteiger partial charge in [-0.15, -0.1) is 0 Å². The van der Waals surface area contributed by atoms with Crippen molar-refractivity contribution < 1.29 is 9.53 Å². The molecule has 3 aromatic rings. The molecule has 1 atom stereocenters. The average molecular weight is 445 g/mol. The lowest BCUT2D eigenvalue weighted by molar-refractivity contribution is 0.0754. The van der Waals surface area contributed by atoms with Crippen LogP contribution in [0.25, 0.3) is 0 Å². The Bertz CT molecular complexity index is 1090. The van der Waals surface area contributed by atoms with Crippen LogP contribution in [0.1, 0.15) is 39.6 Å². The molecule has 0 saturated carbocycles. The summed E-state index contributed by atoms with van der Waals surface area (Å²) in [5.74, 6) is 1.62. The number of ether oxygens (including phenoxy) is 1. The summed E-state index contributed by atoms with van der Waals surface area (Å²) in [6.07, 6.45) is 2.60. The SMILES string of the molecule is CNCCC(Oc1ccc(CN2CCN(C)c3ncccc3C2=O)c(C)c1)c1ccccc1. The van der Waals surface area contributed by atoms with E-state index in [1.54, 1.807) is 6.20 Å². The number of fused-ring (bicyclic) bond motifs is 1. The summed E-state index contributed by atoms with van der Waals surface area (Å²) >= 11 is 0. The molecule has 1 aliphatic rings. The smallest absolute Gasteiger partial charge is 0.257 e. The number of amides is 1. The first kappa shape index (κ1) is 22.8. The normalized spacial score (nSPS) is 14.6. The minimum absolute atomic E-state index is 0.0179. The van der Waals surface area contributed by atoms with E-state index in [0.29, 0.717) is 18.7 Å². The lowest BCUT2D eigenvalue weighted by Crippen LogP contribution is -2.33. The van der Waals surface area contributed by atoms with Crippen LogP contribution in [-0.2, 0) is 6.54 Å². The highest BCUT2D eigenvalue weighted by Crippen LogP contribution is 2.28. The molecule has 172 valence electrons. The van der Waals surface area contributed by atoms with Crippen LogP contribution in [0.5, 0.6) is 5.75 Å². The molecule has 1 amide bonds. The first-order chi connectivity index (χ1) is 16.1. The standard InChI is InChI=1S/C27H32N4O2/c1-20-18-23(33-25(13-15-28-2)21-8-5-4-6-9-21)12-11-22(20)19-31-17-16-30(3)26-24(27(31)32)10-7-14-29-26/h4-12,14,18,25,28H,13,15-17,19H2,1-3H3. The maximum absolute atomic E-state index is 13.2. The number of anilines is 1. The number of aryl methyl sites for hydroxylation is 1. The number of hydrogen-bond acceptors (Lipinski definition) is 5. The van der Waals surface area contributed by atoms with Gasteiger partial charge in [-0.1, -0.05) is 36.4 Å². The van der Waals surface area contributed by atoms with Crippen LogP contribution in [0.2, 0.25) is 0 Å². The second kappa shape index (κ2) is 10.5. The molecular formula is C27H32N4O2. The van der Waals surface area contributed by atoms with E-state index < -0.39 is 0 Å². The van der Waals surface area contributed by atoms with Gasteiger partial charge in [-0.05, 0) is 61.5 Å². The van der Waals surface area contributed by atoms with Crippen molar-refractivity contribution in [3.63, 3.8) is 0 Å². The molecule has 1 unspecified atom stereocenters. The molecule has 2 aromatic carbocycles. The Hall–Kier alpha value is -3.38. The van der Waals surface area contributed by atoms with Gasteiger partial charge in [0.05, 0.1) is 5.56 Å². The lowest BCUT2D eigenvalue weighted by Gasteiger charge is -2.23. The summed E-state index contributed by atoms with van der Waals surface area (Å²) in [6.45, 7) is 4.93. The van der Waals surface area contributed by atoms with Gasteiger partial charge in [0.25, 0.3) is 5.91 Å². The predicted octanol–water partition coefficient (Wildman–Crippen LogP) is 4.21. The third kappa shape index (κ3) is 5.34. The average Bonchev–Trinajstić information content (AvgIpc) is 2.96. The van der Waals surface area contributed by atoms with Gasteiger partial charge < -0.3 is 19.9 Å². The molecule has 6 heteroatoms. The van der Waals surface area contributed by atoms with E-state index in [9.17, 15) is 4.79 Å². The Morgan fingerprint density at radius 2 is 1.91 bits per heavy atom. The molecule has 0 spiro atoms. The van der Waals surface area contributed by atoms with Crippen LogP contribution in [0.15, 0.2) is 66.9 Å². The maximum atomic E-state index is 13.2. The first-order valence-corrected chi connectivity index (χ1v) is 11.5. The summed E-state index contributed by atoms with van der Waals surface area (Å²) in [4.78, 5) is 21.6. The molecule has 0 bridgehead atoms. The van der Waals surface area contributed by atoms with Crippen LogP contribution in [0.3, 0.4) is 0 Å². The highest BCUT2D eigenvalue weighted by molar-refractivity contribution is 5.99. The van der Waals surface area contributed by atoms with Crippen molar-refractivity contribution in [2.45, 2.75) is 26.0 Å². The number of aromatic nitrogens is 1. The van der Waals surface area contributed by atoms with E-state index in [-0.39, 0.29) is 12.0 Å². The predicted molar refractivity (Wildman–Crippen MR) is 132 cm³/mol. The van der Waals surface area contributed by atoms with Gasteiger partial charge >= 0.3 is 0 Å². The number of rotatable bonds is 8. The Labute approximate surface area is 196 Å². The van der Waals surface area contributed by atoms with E-state index in [1.165, 1.54) is 5.56 Å². The summed E-state index contributed by atoms with van der Waals surface area (Å²) in [5, 5.41) is 3.21. The van der Waals surface area contributed by atoms with Gasteiger partial charge in [-0.2, -0.15) is 0 Å². The third-order valence-corrected chi connectivity index (χ3v) is 6.15. The zero-order valence-electron chi connectivity index (χ0n) is 19.6. The van der Waals surface area contributed by atoms with Crippen molar-refractivity contribution in [1.82, 2.24) is 15.2 Å². The number of hydrogen-bond donors (Lipinski definition) is 1. The molecule has 4 rings (SSSR count). The minimum atomic E-state index is -0.0179. The van der Waals surface area contributed by atoms with E-state index in [0.717, 1.165) is 42.2 Å². The number of nitrogens with zero attached hydrogens (tertiary/aromatic N) is 3. The minimum Gasteiger partial charge on any atom is -0.486 e. The zero-order valence-corrected chi connectivity index (χ0v) is 19.6. The number of benzene rings is 2. The number of nitrogens with one attached hydrogen (secondary N) is 1. The summed E-state index contributed by atoms with van der Waals surface area (Å²) in [5.41, 5.74) is 4.06. The molecule has 1 aromatic heterocycles. The van der Waals surface area contributed by atoms with Crippen molar-refractivity contribution in [1.29, 1.82) is 0 Å². The number of pyridine rings is 1. The molecule has 2 heterocycles. The number of carbonyl (C=O) groups is 1. The Morgan fingerprint density at radius 3 is 2.67 bits per heavy atom. The molecule has 0 saturated heterocycles. The Balaban J connectivity index is 1.50. The van der Waals surface area contributed by atoms with Crippen molar-refractivity contribution in [3.05, 3.63) is 89.1 Å². The van der Waals surface area contributed by atoms with Gasteiger partial charge in [0.15, 0.2) is 0 Å². The summed E-state index contributed by atoms with van der Waals surface area (Å²) < 4.78 is 6.39. The van der Waals surface area contributed by atoms with Crippen LogP contribution in [0, 0.1) is 6.92 Å². The van der Waals surface area contributed by atoms with E-state index in [4.69, 9.17) is 4.74 Å². The van der Waals surface area contributed by atoms with Gasteiger partial charge in [0.1, 0.15) is 17.7 Å². The van der Waals surface area contributed by atoms with Crippen molar-refractivity contribution in [2.75, 3.05) is 38.6 Å². The van der Waals surface area contributed by atoms with Gasteiger partial charge in [0.2, 0.25) is 0 Å². The number of likely N-dealkylation sites (N-methyl/N-ethyl adjacent to an activating group) is 1. The lowest BCUT2D eigenvalue weighted by atomic mass is 10.1. The maximum Gasteiger partial charge on any atom is 0.257 e. The van der Waals surface area contributed by atoms with Crippen LogP contribution in [-0.4, -0.2) is 49.5 Å². The van der Waals surface area contributed by atoms with Crippen molar-refractivity contribution in [3.8, 4) is 5.75 Å². The number of carbonyl (C=O) groups excluding carboxylic acids is 1. The Morgan fingerprint density at radius 1 is 1.09 bits per heavy atom. The molecule has 1 N–H and O–H groups in total. The van der Waals surface area contributed by atoms with E-state index >= 15 is 0 Å². The zero-order chi connectivity index (χ0) is 23.2. The molecule has 0 aliphatic carbocycles. The highest BCUT2D eigenvalue weighted by Gasteiger charge is 2.26. The molecule has 1 aliphatic heterocycles. The molecule has 6 nitrogen and oxygen atoms in total. The monoisotopic (exact) mass is 444 g/mol. The summed E-state index contributed by atoms with van der Waals surface area (Å²) in [6, 6.07) is 20.2. The van der Waals surface area contributed by atoms with Crippen molar-refractivity contribution >= 4 is 11.7 Å². The molecular weight excluding hydrogens is 412 g/mol. The van der Waals surface area contributed by atoms with Gasteiger partial charge in [-0.25, -0.2) is 4.98 Å². The molecule has 0 fully saturated rings. The fourth-order valence-electron chi connectivity index (χ4n) is 4.19. The molecule has 0 radical (unpaired) electrons. The van der Waals surface area contributed by atoms with Crippen LogP contribution < -0.4 is 15.0 Å². The Kier molecular flexibility index (Phi) is 7.25.